The summed E-state index contributed by atoms with van der Waals surface area (Å²) >= 11 is 0. The lowest BCUT2D eigenvalue weighted by Crippen LogP contribution is -2.07. The van der Waals surface area contributed by atoms with Gasteiger partial charge in [-0.2, -0.15) is 0 Å². The van der Waals surface area contributed by atoms with Gasteiger partial charge in [0.1, 0.15) is 0 Å². The molecular formula is C12H24. The standard InChI is InChI=1S/C12H24/c1-9(2)6-7-11-8-12(11,5)10(3)4/h9-11H,6-8H2,1-5H3. The predicted octanol–water partition coefficient (Wildman–Crippen LogP) is 4.10. The van der Waals surface area contributed by atoms with Crippen LogP contribution in [-0.4, -0.2) is 0 Å². The third-order valence-corrected chi connectivity index (χ3v) is 3.87. The second-order valence-electron chi connectivity index (χ2n) is 5.53. The largest absolute Gasteiger partial charge is 0.0628 e. The van der Waals surface area contributed by atoms with Crippen molar-refractivity contribution in [2.75, 3.05) is 0 Å². The van der Waals surface area contributed by atoms with Crippen molar-refractivity contribution in [3.8, 4) is 0 Å². The van der Waals surface area contributed by atoms with Crippen LogP contribution in [0.5, 0.6) is 0 Å². The Morgan fingerprint density at radius 2 is 1.83 bits per heavy atom. The Morgan fingerprint density at radius 3 is 2.17 bits per heavy atom. The zero-order valence-electron chi connectivity index (χ0n) is 9.35. The Labute approximate surface area is 77.7 Å². The van der Waals surface area contributed by atoms with E-state index in [4.69, 9.17) is 0 Å². The molecule has 0 aliphatic heterocycles. The Hall–Kier alpha value is 0. The molecule has 0 aromatic rings. The highest BCUT2D eigenvalue weighted by Crippen LogP contribution is 2.59. The molecule has 0 N–H and O–H groups in total. The molecule has 2 unspecified atom stereocenters. The summed E-state index contributed by atoms with van der Waals surface area (Å²) in [5.74, 6) is 2.82. The second kappa shape index (κ2) is 3.40. The fourth-order valence-corrected chi connectivity index (χ4v) is 2.15. The Kier molecular flexibility index (Phi) is 2.85. The smallest absolute Gasteiger partial charge is 0.0271 e. The zero-order chi connectivity index (χ0) is 9.35. The molecule has 0 bridgehead atoms. The van der Waals surface area contributed by atoms with Crippen LogP contribution in [0.1, 0.15) is 53.9 Å². The van der Waals surface area contributed by atoms with E-state index < -0.39 is 0 Å². The van der Waals surface area contributed by atoms with E-state index in [0.29, 0.717) is 5.41 Å². The topological polar surface area (TPSA) is 0 Å². The van der Waals surface area contributed by atoms with E-state index in [1.807, 2.05) is 0 Å². The highest BCUT2D eigenvalue weighted by molar-refractivity contribution is 5.00. The molecule has 0 heterocycles. The third kappa shape index (κ3) is 2.02. The Bertz CT molecular complexity index is 146. The molecule has 0 radical (unpaired) electrons. The predicted molar refractivity (Wildman–Crippen MR) is 55.1 cm³/mol. The molecule has 0 heteroatoms. The van der Waals surface area contributed by atoms with Crippen molar-refractivity contribution in [1.82, 2.24) is 0 Å². The minimum absolute atomic E-state index is 0.703. The van der Waals surface area contributed by atoms with Gasteiger partial charge in [-0.1, -0.05) is 41.0 Å². The van der Waals surface area contributed by atoms with Gasteiger partial charge >= 0.3 is 0 Å². The van der Waals surface area contributed by atoms with Crippen LogP contribution in [0.25, 0.3) is 0 Å². The number of rotatable bonds is 4. The van der Waals surface area contributed by atoms with Gasteiger partial charge in [0.15, 0.2) is 0 Å². The molecule has 0 spiro atoms. The molecule has 0 aromatic heterocycles. The van der Waals surface area contributed by atoms with E-state index >= 15 is 0 Å². The summed E-state index contributed by atoms with van der Waals surface area (Å²) in [7, 11) is 0. The van der Waals surface area contributed by atoms with Gasteiger partial charge in [-0.05, 0) is 36.0 Å². The van der Waals surface area contributed by atoms with Gasteiger partial charge in [-0.15, -0.1) is 0 Å². The fraction of sp³-hybridized carbons (Fsp3) is 1.00. The van der Waals surface area contributed by atoms with Crippen LogP contribution in [0.2, 0.25) is 0 Å². The van der Waals surface area contributed by atoms with Crippen molar-refractivity contribution in [3.05, 3.63) is 0 Å². The minimum Gasteiger partial charge on any atom is -0.0628 e. The van der Waals surface area contributed by atoms with E-state index in [1.54, 1.807) is 0 Å². The molecule has 1 aliphatic rings. The quantitative estimate of drug-likeness (QED) is 0.592. The first-order chi connectivity index (χ1) is 5.47. The molecule has 1 fully saturated rings. The van der Waals surface area contributed by atoms with Gasteiger partial charge in [0.25, 0.3) is 0 Å². The maximum Gasteiger partial charge on any atom is -0.0271 e. The number of hydrogen-bond donors (Lipinski definition) is 0. The van der Waals surface area contributed by atoms with Crippen molar-refractivity contribution >= 4 is 0 Å². The van der Waals surface area contributed by atoms with Crippen molar-refractivity contribution in [1.29, 1.82) is 0 Å². The summed E-state index contributed by atoms with van der Waals surface area (Å²) in [6.45, 7) is 11.9. The van der Waals surface area contributed by atoms with E-state index in [9.17, 15) is 0 Å². The molecule has 1 rings (SSSR count). The van der Waals surface area contributed by atoms with E-state index in [-0.39, 0.29) is 0 Å². The maximum absolute atomic E-state index is 2.46. The summed E-state index contributed by atoms with van der Waals surface area (Å²) < 4.78 is 0. The molecule has 1 saturated carbocycles. The van der Waals surface area contributed by atoms with Gasteiger partial charge in [0, 0.05) is 0 Å². The van der Waals surface area contributed by atoms with Crippen LogP contribution in [0.4, 0.5) is 0 Å². The lowest BCUT2D eigenvalue weighted by molar-refractivity contribution is 0.340. The minimum atomic E-state index is 0.703. The molecule has 0 aromatic carbocycles. The molecule has 12 heavy (non-hydrogen) atoms. The van der Waals surface area contributed by atoms with Crippen LogP contribution in [0.15, 0.2) is 0 Å². The molecule has 0 saturated heterocycles. The average molecular weight is 168 g/mol. The van der Waals surface area contributed by atoms with Crippen molar-refractivity contribution < 1.29 is 0 Å². The third-order valence-electron chi connectivity index (χ3n) is 3.87. The first-order valence-corrected chi connectivity index (χ1v) is 5.47. The zero-order valence-corrected chi connectivity index (χ0v) is 9.35. The summed E-state index contributed by atoms with van der Waals surface area (Å²) in [5.41, 5.74) is 0.703. The van der Waals surface area contributed by atoms with Gasteiger partial charge < -0.3 is 0 Å². The van der Waals surface area contributed by atoms with E-state index in [2.05, 4.69) is 34.6 Å². The molecule has 2 atom stereocenters. The van der Waals surface area contributed by atoms with E-state index in [1.165, 1.54) is 19.3 Å². The molecule has 0 nitrogen and oxygen atoms in total. The van der Waals surface area contributed by atoms with Gasteiger partial charge in [-0.3, -0.25) is 0 Å². The van der Waals surface area contributed by atoms with Crippen molar-refractivity contribution in [2.45, 2.75) is 53.9 Å². The Morgan fingerprint density at radius 1 is 1.25 bits per heavy atom. The summed E-state index contributed by atoms with van der Waals surface area (Å²) in [6.07, 6.45) is 4.37. The second-order valence-corrected chi connectivity index (χ2v) is 5.53. The van der Waals surface area contributed by atoms with Crippen LogP contribution in [-0.2, 0) is 0 Å². The molecule has 72 valence electrons. The van der Waals surface area contributed by atoms with Crippen molar-refractivity contribution in [3.63, 3.8) is 0 Å². The highest BCUT2D eigenvalue weighted by Gasteiger charge is 2.50. The van der Waals surface area contributed by atoms with Gasteiger partial charge in [-0.25, -0.2) is 0 Å². The fourth-order valence-electron chi connectivity index (χ4n) is 2.15. The summed E-state index contributed by atoms with van der Waals surface area (Å²) in [6, 6.07) is 0. The van der Waals surface area contributed by atoms with Crippen LogP contribution in [0, 0.1) is 23.2 Å². The summed E-state index contributed by atoms with van der Waals surface area (Å²) in [4.78, 5) is 0. The SMILES string of the molecule is CC(C)CCC1CC1(C)C(C)C. The molecular weight excluding hydrogens is 144 g/mol. The highest BCUT2D eigenvalue weighted by atomic mass is 14.6. The molecule has 0 amide bonds. The normalized spacial score (nSPS) is 34.8. The first-order valence-electron chi connectivity index (χ1n) is 5.47. The van der Waals surface area contributed by atoms with Crippen LogP contribution in [0.3, 0.4) is 0 Å². The Balaban J connectivity index is 2.23. The maximum atomic E-state index is 2.46. The lowest BCUT2D eigenvalue weighted by Gasteiger charge is -2.15. The number of hydrogen-bond acceptors (Lipinski definition) is 0. The van der Waals surface area contributed by atoms with Gasteiger partial charge in [0.05, 0.1) is 0 Å². The lowest BCUT2D eigenvalue weighted by atomic mass is 9.90. The summed E-state index contributed by atoms with van der Waals surface area (Å²) in [5, 5.41) is 0. The van der Waals surface area contributed by atoms with Crippen LogP contribution >= 0.6 is 0 Å². The van der Waals surface area contributed by atoms with Gasteiger partial charge in [0.2, 0.25) is 0 Å². The monoisotopic (exact) mass is 168 g/mol. The molecule has 1 aliphatic carbocycles. The van der Waals surface area contributed by atoms with Crippen molar-refractivity contribution in [2.24, 2.45) is 23.2 Å². The average Bonchev–Trinajstić information content (AvgIpc) is 2.59. The first kappa shape index (κ1) is 10.1. The van der Waals surface area contributed by atoms with E-state index in [0.717, 1.165) is 17.8 Å². The van der Waals surface area contributed by atoms with Crippen LogP contribution < -0.4 is 0 Å².